The van der Waals surface area contributed by atoms with Crippen molar-refractivity contribution >= 4 is 40.8 Å². The Morgan fingerprint density at radius 3 is 2.65 bits per heavy atom. The van der Waals surface area contributed by atoms with Crippen molar-refractivity contribution in [3.63, 3.8) is 0 Å². The predicted octanol–water partition coefficient (Wildman–Crippen LogP) is 4.64. The summed E-state index contributed by atoms with van der Waals surface area (Å²) in [6, 6.07) is 3.60. The van der Waals surface area contributed by atoms with Gasteiger partial charge in [0, 0.05) is 12.5 Å². The van der Waals surface area contributed by atoms with Crippen LogP contribution in [0, 0.1) is 0 Å². The lowest BCUT2D eigenvalue weighted by Gasteiger charge is -2.16. The number of rotatable bonds is 7. The molecule has 1 rings (SSSR count). The highest BCUT2D eigenvalue weighted by Crippen LogP contribution is 2.35. The molecule has 1 aromatic carbocycles. The molecule has 0 bridgehead atoms. The second kappa shape index (κ2) is 8.73. The maximum atomic E-state index is 11.2. The van der Waals surface area contributed by atoms with Crippen LogP contribution in [0.5, 0.6) is 0 Å². The molecule has 0 heterocycles. The van der Waals surface area contributed by atoms with E-state index in [1.165, 1.54) is 0 Å². The minimum Gasteiger partial charge on any atom is -0.466 e. The molecule has 1 atom stereocenters. The van der Waals surface area contributed by atoms with Crippen LogP contribution in [0.2, 0.25) is 15.1 Å². The molecule has 3 nitrogen and oxygen atoms in total. The lowest BCUT2D eigenvalue weighted by atomic mass is 10.1. The monoisotopic (exact) mass is 337 g/mol. The molecule has 20 heavy (non-hydrogen) atoms. The molecule has 0 radical (unpaired) electrons. The zero-order chi connectivity index (χ0) is 15.1. The van der Waals surface area contributed by atoms with Crippen LogP contribution in [-0.2, 0) is 9.53 Å². The Balaban J connectivity index is 2.46. The van der Waals surface area contributed by atoms with E-state index in [0.29, 0.717) is 41.1 Å². The van der Waals surface area contributed by atoms with Crippen molar-refractivity contribution in [3.05, 3.63) is 32.8 Å². The molecule has 6 heteroatoms. The standard InChI is InChI=1S/C14H18Cl3NO2/c1-3-20-12(19)5-4-8-18-9(2)10-6-7-11(15)14(17)13(10)16/h6-7,9,18H,3-5,8H2,1-2H3. The molecule has 0 saturated carbocycles. The van der Waals surface area contributed by atoms with Crippen molar-refractivity contribution in [2.75, 3.05) is 13.2 Å². The molecule has 0 saturated heterocycles. The molecular weight excluding hydrogens is 321 g/mol. The van der Waals surface area contributed by atoms with Crippen molar-refractivity contribution < 1.29 is 9.53 Å². The number of ether oxygens (including phenoxy) is 1. The van der Waals surface area contributed by atoms with Crippen LogP contribution in [0.3, 0.4) is 0 Å². The molecule has 0 amide bonds. The fraction of sp³-hybridized carbons (Fsp3) is 0.500. The summed E-state index contributed by atoms with van der Waals surface area (Å²) >= 11 is 18.1. The maximum absolute atomic E-state index is 11.2. The molecule has 0 aliphatic carbocycles. The molecule has 0 aromatic heterocycles. The summed E-state index contributed by atoms with van der Waals surface area (Å²) in [5.74, 6) is -0.172. The van der Waals surface area contributed by atoms with Crippen LogP contribution in [-0.4, -0.2) is 19.1 Å². The van der Waals surface area contributed by atoms with E-state index in [0.717, 1.165) is 5.56 Å². The van der Waals surface area contributed by atoms with Crippen molar-refractivity contribution in [2.45, 2.75) is 32.7 Å². The first-order valence-corrected chi connectivity index (χ1v) is 7.63. The summed E-state index contributed by atoms with van der Waals surface area (Å²) in [6.45, 7) is 4.89. The van der Waals surface area contributed by atoms with Gasteiger partial charge in [0.25, 0.3) is 0 Å². The van der Waals surface area contributed by atoms with Gasteiger partial charge >= 0.3 is 5.97 Å². The van der Waals surface area contributed by atoms with Gasteiger partial charge in [-0.15, -0.1) is 0 Å². The third kappa shape index (κ3) is 5.13. The highest BCUT2D eigenvalue weighted by molar-refractivity contribution is 6.48. The van der Waals surface area contributed by atoms with E-state index < -0.39 is 0 Å². The van der Waals surface area contributed by atoms with Gasteiger partial charge in [-0.3, -0.25) is 4.79 Å². The van der Waals surface area contributed by atoms with E-state index in [4.69, 9.17) is 39.5 Å². The Bertz CT molecular complexity index is 466. The third-order valence-corrected chi connectivity index (χ3v) is 4.15. The molecule has 0 spiro atoms. The predicted molar refractivity (Wildman–Crippen MR) is 83.8 cm³/mol. The fourth-order valence-electron chi connectivity index (χ4n) is 1.77. The third-order valence-electron chi connectivity index (χ3n) is 2.85. The molecule has 0 aliphatic rings. The first-order chi connectivity index (χ1) is 9.47. The van der Waals surface area contributed by atoms with Crippen LogP contribution in [0.1, 0.15) is 38.3 Å². The Morgan fingerprint density at radius 1 is 1.30 bits per heavy atom. The summed E-state index contributed by atoms with van der Waals surface area (Å²) in [4.78, 5) is 11.2. The largest absolute Gasteiger partial charge is 0.466 e. The van der Waals surface area contributed by atoms with Gasteiger partial charge in [-0.25, -0.2) is 0 Å². The Kier molecular flexibility index (Phi) is 7.67. The van der Waals surface area contributed by atoms with E-state index in [9.17, 15) is 4.79 Å². The van der Waals surface area contributed by atoms with Gasteiger partial charge in [-0.05, 0) is 38.4 Å². The molecule has 0 aliphatic heterocycles. The average molecular weight is 339 g/mol. The van der Waals surface area contributed by atoms with Crippen molar-refractivity contribution in [1.82, 2.24) is 5.32 Å². The minimum atomic E-state index is -0.172. The maximum Gasteiger partial charge on any atom is 0.305 e. The van der Waals surface area contributed by atoms with Gasteiger partial charge in [-0.1, -0.05) is 40.9 Å². The normalized spacial score (nSPS) is 12.2. The first kappa shape index (κ1) is 17.6. The SMILES string of the molecule is CCOC(=O)CCCNC(C)c1ccc(Cl)c(Cl)c1Cl. The van der Waals surface area contributed by atoms with Gasteiger partial charge in [-0.2, -0.15) is 0 Å². The van der Waals surface area contributed by atoms with Crippen LogP contribution in [0.15, 0.2) is 12.1 Å². The van der Waals surface area contributed by atoms with Gasteiger partial charge in [0.05, 0.1) is 21.7 Å². The number of carbonyl (C=O) groups is 1. The molecule has 112 valence electrons. The van der Waals surface area contributed by atoms with E-state index in [1.807, 2.05) is 13.0 Å². The van der Waals surface area contributed by atoms with Crippen molar-refractivity contribution in [1.29, 1.82) is 0 Å². The lowest BCUT2D eigenvalue weighted by Crippen LogP contribution is -2.21. The number of halogens is 3. The topological polar surface area (TPSA) is 38.3 Å². The number of benzene rings is 1. The Labute approximate surface area is 134 Å². The summed E-state index contributed by atoms with van der Waals surface area (Å²) in [5.41, 5.74) is 0.886. The zero-order valence-electron chi connectivity index (χ0n) is 11.5. The molecular formula is C14H18Cl3NO2. The number of carbonyl (C=O) groups excluding carboxylic acids is 1. The molecule has 0 fully saturated rings. The van der Waals surface area contributed by atoms with Crippen LogP contribution < -0.4 is 5.32 Å². The summed E-state index contributed by atoms with van der Waals surface area (Å²) in [5, 5.41) is 4.56. The first-order valence-electron chi connectivity index (χ1n) is 6.49. The highest BCUT2D eigenvalue weighted by atomic mass is 35.5. The second-order valence-electron chi connectivity index (χ2n) is 4.35. The number of hydrogen-bond acceptors (Lipinski definition) is 3. The molecule has 1 N–H and O–H groups in total. The van der Waals surface area contributed by atoms with Gasteiger partial charge in [0.2, 0.25) is 0 Å². The van der Waals surface area contributed by atoms with Crippen LogP contribution in [0.25, 0.3) is 0 Å². The van der Waals surface area contributed by atoms with Gasteiger partial charge < -0.3 is 10.1 Å². The molecule has 1 aromatic rings. The van der Waals surface area contributed by atoms with E-state index >= 15 is 0 Å². The Morgan fingerprint density at radius 2 is 2.00 bits per heavy atom. The van der Waals surface area contributed by atoms with Crippen LogP contribution >= 0.6 is 34.8 Å². The van der Waals surface area contributed by atoms with E-state index in [1.54, 1.807) is 13.0 Å². The zero-order valence-corrected chi connectivity index (χ0v) is 13.8. The average Bonchev–Trinajstić information content (AvgIpc) is 2.41. The minimum absolute atomic E-state index is 0.0273. The smallest absolute Gasteiger partial charge is 0.305 e. The summed E-state index contributed by atoms with van der Waals surface area (Å²) in [7, 11) is 0. The molecule has 1 unspecified atom stereocenters. The van der Waals surface area contributed by atoms with Crippen LogP contribution in [0.4, 0.5) is 0 Å². The van der Waals surface area contributed by atoms with Gasteiger partial charge in [0.1, 0.15) is 0 Å². The quantitative estimate of drug-likeness (QED) is 0.447. The Hall–Kier alpha value is -0.480. The highest BCUT2D eigenvalue weighted by Gasteiger charge is 2.14. The summed E-state index contributed by atoms with van der Waals surface area (Å²) < 4.78 is 4.86. The van der Waals surface area contributed by atoms with Crippen molar-refractivity contribution in [2.24, 2.45) is 0 Å². The fourth-order valence-corrected chi connectivity index (χ4v) is 2.48. The second-order valence-corrected chi connectivity index (χ2v) is 5.51. The van der Waals surface area contributed by atoms with E-state index in [-0.39, 0.29) is 12.0 Å². The lowest BCUT2D eigenvalue weighted by molar-refractivity contribution is -0.143. The van der Waals surface area contributed by atoms with E-state index in [2.05, 4.69) is 5.32 Å². The number of nitrogens with one attached hydrogen (secondary N) is 1. The summed E-state index contributed by atoms with van der Waals surface area (Å²) in [6.07, 6.45) is 1.12. The van der Waals surface area contributed by atoms with Gasteiger partial charge in [0.15, 0.2) is 0 Å². The number of esters is 1. The number of hydrogen-bond donors (Lipinski definition) is 1. The van der Waals surface area contributed by atoms with Crippen molar-refractivity contribution in [3.8, 4) is 0 Å².